The molecule has 6 nitrogen and oxygen atoms in total. The highest BCUT2D eigenvalue weighted by atomic mass is 16.5. The van der Waals surface area contributed by atoms with Crippen molar-refractivity contribution in [1.82, 2.24) is 10.2 Å². The van der Waals surface area contributed by atoms with E-state index in [1.165, 1.54) is 12.8 Å². The normalized spacial score (nSPS) is 21.7. The van der Waals surface area contributed by atoms with Crippen molar-refractivity contribution in [3.63, 3.8) is 0 Å². The van der Waals surface area contributed by atoms with Gasteiger partial charge in [0, 0.05) is 67.0 Å². The van der Waals surface area contributed by atoms with Crippen molar-refractivity contribution < 1.29 is 14.2 Å². The summed E-state index contributed by atoms with van der Waals surface area (Å²) in [7, 11) is 5.64. The van der Waals surface area contributed by atoms with E-state index in [9.17, 15) is 0 Å². The van der Waals surface area contributed by atoms with Gasteiger partial charge in [-0.25, -0.2) is 0 Å². The van der Waals surface area contributed by atoms with Crippen LogP contribution in [0, 0.1) is 5.92 Å². The molecule has 0 aromatic heterocycles. The van der Waals surface area contributed by atoms with E-state index in [1.54, 1.807) is 7.11 Å². The quantitative estimate of drug-likeness (QED) is 0.413. The third-order valence-electron chi connectivity index (χ3n) is 4.60. The van der Waals surface area contributed by atoms with E-state index in [0.29, 0.717) is 0 Å². The van der Waals surface area contributed by atoms with Crippen LogP contribution in [-0.2, 0) is 14.2 Å². The first-order valence-corrected chi connectivity index (χ1v) is 8.31. The molecule has 2 aliphatic rings. The summed E-state index contributed by atoms with van der Waals surface area (Å²) in [6.07, 6.45) is 4.51. The van der Waals surface area contributed by atoms with Gasteiger partial charge in [0.2, 0.25) is 0 Å². The van der Waals surface area contributed by atoms with Gasteiger partial charge in [-0.1, -0.05) is 0 Å². The van der Waals surface area contributed by atoms with Gasteiger partial charge in [-0.05, 0) is 18.8 Å². The van der Waals surface area contributed by atoms with Crippen molar-refractivity contribution >= 4 is 5.96 Å². The maximum Gasteiger partial charge on any atom is 0.193 e. The molecule has 1 N–H and O–H groups in total. The Hall–Kier alpha value is -0.850. The maximum absolute atomic E-state index is 5.74. The summed E-state index contributed by atoms with van der Waals surface area (Å²) in [6, 6.07) is 0. The highest BCUT2D eigenvalue weighted by Crippen LogP contribution is 2.28. The van der Waals surface area contributed by atoms with E-state index in [1.807, 2.05) is 14.1 Å². The van der Waals surface area contributed by atoms with Gasteiger partial charge in [0.25, 0.3) is 0 Å². The van der Waals surface area contributed by atoms with Gasteiger partial charge in [0.1, 0.15) is 0 Å². The van der Waals surface area contributed by atoms with Crippen LogP contribution in [0.2, 0.25) is 0 Å². The number of ether oxygens (including phenoxy) is 3. The minimum absolute atomic E-state index is 0.141. The molecule has 0 aromatic rings. The predicted molar refractivity (Wildman–Crippen MR) is 87.3 cm³/mol. The first-order chi connectivity index (χ1) is 10.7. The molecule has 22 heavy (non-hydrogen) atoms. The van der Waals surface area contributed by atoms with Crippen LogP contribution in [0.25, 0.3) is 0 Å². The zero-order valence-corrected chi connectivity index (χ0v) is 14.3. The van der Waals surface area contributed by atoms with Crippen LogP contribution in [0.15, 0.2) is 4.99 Å². The average molecular weight is 313 g/mol. The number of nitrogens with zero attached hydrogens (tertiary/aromatic N) is 2. The number of likely N-dealkylation sites (N-methyl/N-ethyl adjacent to an activating group) is 1. The molecule has 0 aromatic carbocycles. The highest BCUT2D eigenvalue weighted by molar-refractivity contribution is 5.79. The monoisotopic (exact) mass is 313 g/mol. The second kappa shape index (κ2) is 8.70. The Labute approximate surface area is 134 Å². The molecular formula is C16H31N3O3. The Morgan fingerprint density at radius 1 is 1.36 bits per heavy atom. The minimum Gasteiger partial charge on any atom is -0.381 e. The van der Waals surface area contributed by atoms with Crippen molar-refractivity contribution in [3.8, 4) is 0 Å². The molecule has 2 fully saturated rings. The molecule has 1 aliphatic carbocycles. The van der Waals surface area contributed by atoms with Gasteiger partial charge in [0.05, 0.1) is 12.2 Å². The summed E-state index contributed by atoms with van der Waals surface area (Å²) in [5.74, 6) is 1.70. The molecule has 128 valence electrons. The van der Waals surface area contributed by atoms with Crippen LogP contribution >= 0.6 is 0 Å². The fourth-order valence-corrected chi connectivity index (χ4v) is 2.66. The average Bonchev–Trinajstić information content (AvgIpc) is 3.37. The number of hydrogen-bond donors (Lipinski definition) is 1. The fraction of sp³-hybridized carbons (Fsp3) is 0.938. The summed E-state index contributed by atoms with van der Waals surface area (Å²) in [6.45, 7) is 4.78. The van der Waals surface area contributed by atoms with Gasteiger partial charge in [-0.3, -0.25) is 4.99 Å². The van der Waals surface area contributed by atoms with Crippen molar-refractivity contribution in [3.05, 3.63) is 0 Å². The lowest BCUT2D eigenvalue weighted by molar-refractivity contribution is -0.0857. The van der Waals surface area contributed by atoms with Gasteiger partial charge < -0.3 is 24.4 Å². The zero-order valence-electron chi connectivity index (χ0n) is 14.3. The summed E-state index contributed by atoms with van der Waals surface area (Å²) in [5, 5.41) is 3.43. The number of hydrogen-bond acceptors (Lipinski definition) is 4. The van der Waals surface area contributed by atoms with Crippen LogP contribution in [-0.4, -0.2) is 77.2 Å². The zero-order chi connectivity index (χ0) is 15.8. The Bertz CT molecular complexity index is 353. The molecule has 0 bridgehead atoms. The van der Waals surface area contributed by atoms with Gasteiger partial charge in [-0.2, -0.15) is 0 Å². The molecule has 1 saturated heterocycles. The van der Waals surface area contributed by atoms with E-state index in [0.717, 1.165) is 64.2 Å². The summed E-state index contributed by atoms with van der Waals surface area (Å²) < 4.78 is 16.9. The Morgan fingerprint density at radius 2 is 2.09 bits per heavy atom. The van der Waals surface area contributed by atoms with Crippen LogP contribution < -0.4 is 5.32 Å². The lowest BCUT2D eigenvalue weighted by atomic mass is 9.94. The highest BCUT2D eigenvalue weighted by Gasteiger charge is 2.32. The summed E-state index contributed by atoms with van der Waals surface area (Å²) in [4.78, 5) is 6.46. The second-order valence-corrected chi connectivity index (χ2v) is 6.34. The van der Waals surface area contributed by atoms with E-state index in [4.69, 9.17) is 14.2 Å². The Balaban J connectivity index is 1.70. The van der Waals surface area contributed by atoms with Gasteiger partial charge in [-0.15, -0.1) is 0 Å². The number of rotatable bonds is 8. The molecular weight excluding hydrogens is 282 g/mol. The molecule has 1 heterocycles. The predicted octanol–water partition coefficient (Wildman–Crippen LogP) is 1.12. The maximum atomic E-state index is 5.74. The standard InChI is InChI=1S/C16H31N3O3/c1-17-15(19(2)8-11-22-12-14-4-5-14)18-13-16(20-3)6-9-21-10-7-16/h14H,4-13H2,1-3H3,(H,17,18). The Morgan fingerprint density at radius 3 is 2.68 bits per heavy atom. The van der Waals surface area contributed by atoms with E-state index in [-0.39, 0.29) is 5.60 Å². The molecule has 0 radical (unpaired) electrons. The van der Waals surface area contributed by atoms with Crippen LogP contribution in [0.3, 0.4) is 0 Å². The van der Waals surface area contributed by atoms with Crippen LogP contribution in [0.4, 0.5) is 0 Å². The number of aliphatic imine (C=N–C) groups is 1. The topological polar surface area (TPSA) is 55.3 Å². The molecule has 0 amide bonds. The molecule has 1 aliphatic heterocycles. The SMILES string of the molecule is CN=C(NCC1(OC)CCOCC1)N(C)CCOCC1CC1. The van der Waals surface area contributed by atoms with Crippen molar-refractivity contribution in [2.75, 3.05) is 60.7 Å². The van der Waals surface area contributed by atoms with Crippen molar-refractivity contribution in [2.45, 2.75) is 31.3 Å². The van der Waals surface area contributed by atoms with Crippen molar-refractivity contribution in [1.29, 1.82) is 0 Å². The molecule has 2 rings (SSSR count). The molecule has 6 heteroatoms. The smallest absolute Gasteiger partial charge is 0.193 e. The van der Waals surface area contributed by atoms with Gasteiger partial charge in [0.15, 0.2) is 5.96 Å². The molecule has 0 unspecified atom stereocenters. The number of methoxy groups -OCH3 is 1. The fourth-order valence-electron chi connectivity index (χ4n) is 2.66. The van der Waals surface area contributed by atoms with Gasteiger partial charge >= 0.3 is 0 Å². The van der Waals surface area contributed by atoms with Crippen molar-refractivity contribution in [2.24, 2.45) is 10.9 Å². The first-order valence-electron chi connectivity index (χ1n) is 8.31. The lowest BCUT2D eigenvalue weighted by Gasteiger charge is -2.37. The first kappa shape index (κ1) is 17.5. The number of nitrogens with one attached hydrogen (secondary N) is 1. The van der Waals surface area contributed by atoms with E-state index >= 15 is 0 Å². The third kappa shape index (κ3) is 5.41. The van der Waals surface area contributed by atoms with E-state index < -0.39 is 0 Å². The van der Waals surface area contributed by atoms with Crippen LogP contribution in [0.5, 0.6) is 0 Å². The largest absolute Gasteiger partial charge is 0.381 e. The second-order valence-electron chi connectivity index (χ2n) is 6.34. The summed E-state index contributed by atoms with van der Waals surface area (Å²) in [5.41, 5.74) is -0.141. The molecule has 0 atom stereocenters. The Kier molecular flexibility index (Phi) is 6.92. The number of guanidine groups is 1. The lowest BCUT2D eigenvalue weighted by Crippen LogP contribution is -2.51. The molecule has 1 saturated carbocycles. The summed E-state index contributed by atoms with van der Waals surface area (Å²) >= 11 is 0. The minimum atomic E-state index is -0.141. The third-order valence-corrected chi connectivity index (χ3v) is 4.60. The van der Waals surface area contributed by atoms with E-state index in [2.05, 4.69) is 15.2 Å². The van der Waals surface area contributed by atoms with Crippen LogP contribution in [0.1, 0.15) is 25.7 Å². The molecule has 0 spiro atoms.